The second kappa shape index (κ2) is 5.16. The molecule has 0 aliphatic rings. The van der Waals surface area contributed by atoms with Crippen molar-refractivity contribution in [1.82, 2.24) is 0 Å². The molecule has 0 aliphatic carbocycles. The SMILES string of the molecule is CCCC(=O)Oc1ccc(C(=O)O)c(N)c1. The molecule has 0 aromatic heterocycles. The Morgan fingerprint density at radius 2 is 2.12 bits per heavy atom. The van der Waals surface area contributed by atoms with Gasteiger partial charge in [0, 0.05) is 18.2 Å². The van der Waals surface area contributed by atoms with Gasteiger partial charge in [-0.3, -0.25) is 4.79 Å². The van der Waals surface area contributed by atoms with Gasteiger partial charge in [-0.05, 0) is 18.6 Å². The van der Waals surface area contributed by atoms with Crippen LogP contribution in [0.25, 0.3) is 0 Å². The molecular weight excluding hydrogens is 210 g/mol. The molecule has 0 heterocycles. The maximum Gasteiger partial charge on any atom is 0.337 e. The fraction of sp³-hybridized carbons (Fsp3) is 0.273. The minimum Gasteiger partial charge on any atom is -0.478 e. The van der Waals surface area contributed by atoms with E-state index in [4.69, 9.17) is 15.6 Å². The van der Waals surface area contributed by atoms with Crippen LogP contribution in [0.5, 0.6) is 5.75 Å². The number of carbonyl (C=O) groups excluding carboxylic acids is 1. The highest BCUT2D eigenvalue weighted by atomic mass is 16.5. The number of hydrogen-bond acceptors (Lipinski definition) is 4. The molecule has 1 rings (SSSR count). The van der Waals surface area contributed by atoms with E-state index in [2.05, 4.69) is 0 Å². The molecule has 5 heteroatoms. The minimum absolute atomic E-state index is 0.00436. The number of ether oxygens (including phenoxy) is 1. The van der Waals surface area contributed by atoms with Gasteiger partial charge in [0.05, 0.1) is 5.56 Å². The van der Waals surface area contributed by atoms with Gasteiger partial charge >= 0.3 is 11.9 Å². The smallest absolute Gasteiger partial charge is 0.337 e. The van der Waals surface area contributed by atoms with Crippen LogP contribution in [0.1, 0.15) is 30.1 Å². The molecule has 0 saturated carbocycles. The number of anilines is 1. The monoisotopic (exact) mass is 223 g/mol. The van der Waals surface area contributed by atoms with Gasteiger partial charge in [-0.1, -0.05) is 6.92 Å². The zero-order chi connectivity index (χ0) is 12.1. The van der Waals surface area contributed by atoms with Gasteiger partial charge in [0.15, 0.2) is 0 Å². The average molecular weight is 223 g/mol. The lowest BCUT2D eigenvalue weighted by molar-refractivity contribution is -0.134. The Hall–Kier alpha value is -2.04. The molecule has 0 aliphatic heterocycles. The van der Waals surface area contributed by atoms with Crippen molar-refractivity contribution < 1.29 is 19.4 Å². The second-order valence-corrected chi connectivity index (χ2v) is 3.28. The third-order valence-corrected chi connectivity index (χ3v) is 1.94. The van der Waals surface area contributed by atoms with Gasteiger partial charge in [0.1, 0.15) is 5.75 Å². The molecule has 1 aromatic carbocycles. The number of rotatable bonds is 4. The lowest BCUT2D eigenvalue weighted by Gasteiger charge is -2.05. The van der Waals surface area contributed by atoms with Gasteiger partial charge in [-0.25, -0.2) is 4.79 Å². The molecule has 0 bridgehead atoms. The van der Waals surface area contributed by atoms with E-state index < -0.39 is 5.97 Å². The van der Waals surface area contributed by atoms with Gasteiger partial charge in [-0.2, -0.15) is 0 Å². The molecule has 0 amide bonds. The van der Waals surface area contributed by atoms with Crippen LogP contribution in [-0.4, -0.2) is 17.0 Å². The highest BCUT2D eigenvalue weighted by Crippen LogP contribution is 2.20. The maximum atomic E-state index is 11.2. The Labute approximate surface area is 92.8 Å². The number of hydrogen-bond donors (Lipinski definition) is 2. The molecule has 0 unspecified atom stereocenters. The van der Waals surface area contributed by atoms with Crippen LogP contribution in [0.15, 0.2) is 18.2 Å². The molecule has 86 valence electrons. The van der Waals surface area contributed by atoms with Crippen molar-refractivity contribution in [3.8, 4) is 5.75 Å². The van der Waals surface area contributed by atoms with Crippen molar-refractivity contribution in [3.05, 3.63) is 23.8 Å². The van der Waals surface area contributed by atoms with E-state index in [1.807, 2.05) is 6.92 Å². The van der Waals surface area contributed by atoms with Crippen LogP contribution < -0.4 is 10.5 Å². The normalized spacial score (nSPS) is 9.81. The highest BCUT2D eigenvalue weighted by molar-refractivity contribution is 5.94. The van der Waals surface area contributed by atoms with Crippen molar-refractivity contribution >= 4 is 17.6 Å². The molecule has 0 spiro atoms. The van der Waals surface area contributed by atoms with Gasteiger partial charge in [0.2, 0.25) is 0 Å². The van der Waals surface area contributed by atoms with Gasteiger partial charge in [-0.15, -0.1) is 0 Å². The first-order chi connectivity index (χ1) is 7.54. The maximum absolute atomic E-state index is 11.2. The largest absolute Gasteiger partial charge is 0.478 e. The van der Waals surface area contributed by atoms with Crippen LogP contribution in [0.2, 0.25) is 0 Å². The highest BCUT2D eigenvalue weighted by Gasteiger charge is 2.10. The van der Waals surface area contributed by atoms with Crippen LogP contribution >= 0.6 is 0 Å². The summed E-state index contributed by atoms with van der Waals surface area (Å²) in [5.41, 5.74) is 5.57. The number of aromatic carboxylic acids is 1. The standard InChI is InChI=1S/C11H13NO4/c1-2-3-10(13)16-7-4-5-8(11(14)15)9(12)6-7/h4-6H,2-3,12H2,1H3,(H,14,15). The quantitative estimate of drug-likeness (QED) is 0.460. The predicted octanol–water partition coefficient (Wildman–Crippen LogP) is 1.67. The Morgan fingerprint density at radius 3 is 2.62 bits per heavy atom. The summed E-state index contributed by atoms with van der Waals surface area (Å²) in [7, 11) is 0. The third kappa shape index (κ3) is 2.98. The molecule has 16 heavy (non-hydrogen) atoms. The van der Waals surface area contributed by atoms with E-state index in [9.17, 15) is 9.59 Å². The summed E-state index contributed by atoms with van der Waals surface area (Å²) in [6, 6.07) is 4.05. The summed E-state index contributed by atoms with van der Waals surface area (Å²) >= 11 is 0. The molecule has 0 fully saturated rings. The van der Waals surface area contributed by atoms with Crippen LogP contribution in [0.3, 0.4) is 0 Å². The predicted molar refractivity (Wildman–Crippen MR) is 58.4 cm³/mol. The van der Waals surface area contributed by atoms with E-state index in [0.29, 0.717) is 12.8 Å². The summed E-state index contributed by atoms with van der Waals surface area (Å²) in [5, 5.41) is 8.73. The summed E-state index contributed by atoms with van der Waals surface area (Å²) in [5.74, 6) is -1.20. The third-order valence-electron chi connectivity index (χ3n) is 1.94. The summed E-state index contributed by atoms with van der Waals surface area (Å²) in [6.45, 7) is 1.86. The summed E-state index contributed by atoms with van der Waals surface area (Å²) in [6.07, 6.45) is 1.02. The Kier molecular flexibility index (Phi) is 3.88. The first-order valence-electron chi connectivity index (χ1n) is 4.88. The molecule has 3 N–H and O–H groups in total. The summed E-state index contributed by atoms with van der Waals surface area (Å²) in [4.78, 5) is 21.8. The van der Waals surface area contributed by atoms with Crippen molar-refractivity contribution in [1.29, 1.82) is 0 Å². The molecule has 1 aromatic rings. The lowest BCUT2D eigenvalue weighted by Crippen LogP contribution is -2.08. The number of carbonyl (C=O) groups is 2. The number of carboxylic acids is 1. The molecule has 0 saturated heterocycles. The average Bonchev–Trinajstić information content (AvgIpc) is 2.17. The van der Waals surface area contributed by atoms with Crippen LogP contribution in [0, 0.1) is 0 Å². The number of benzene rings is 1. The number of nitrogen functional groups attached to an aromatic ring is 1. The van der Waals surface area contributed by atoms with Gasteiger partial charge in [0.25, 0.3) is 0 Å². The van der Waals surface area contributed by atoms with E-state index in [0.717, 1.165) is 0 Å². The lowest BCUT2D eigenvalue weighted by atomic mass is 10.2. The zero-order valence-corrected chi connectivity index (χ0v) is 8.90. The Morgan fingerprint density at radius 1 is 1.44 bits per heavy atom. The Balaban J connectivity index is 2.81. The van der Waals surface area contributed by atoms with E-state index in [1.165, 1.54) is 18.2 Å². The molecular formula is C11H13NO4. The Bertz CT molecular complexity index is 414. The van der Waals surface area contributed by atoms with Crippen molar-refractivity contribution in [2.24, 2.45) is 0 Å². The summed E-state index contributed by atoms with van der Waals surface area (Å²) < 4.78 is 4.96. The zero-order valence-electron chi connectivity index (χ0n) is 8.90. The van der Waals surface area contributed by atoms with Crippen LogP contribution in [0.4, 0.5) is 5.69 Å². The van der Waals surface area contributed by atoms with E-state index >= 15 is 0 Å². The van der Waals surface area contributed by atoms with Crippen molar-refractivity contribution in [2.75, 3.05) is 5.73 Å². The number of nitrogens with two attached hydrogens (primary N) is 1. The van der Waals surface area contributed by atoms with E-state index in [1.54, 1.807) is 0 Å². The molecule has 0 radical (unpaired) electrons. The molecule has 0 atom stereocenters. The first kappa shape index (κ1) is 12.0. The van der Waals surface area contributed by atoms with Crippen molar-refractivity contribution in [3.63, 3.8) is 0 Å². The topological polar surface area (TPSA) is 89.6 Å². The second-order valence-electron chi connectivity index (χ2n) is 3.28. The number of carboxylic acid groups (broad SMARTS) is 1. The fourth-order valence-corrected chi connectivity index (χ4v) is 1.19. The number of esters is 1. The van der Waals surface area contributed by atoms with E-state index in [-0.39, 0.29) is 23.0 Å². The van der Waals surface area contributed by atoms with Crippen LogP contribution in [-0.2, 0) is 4.79 Å². The fourth-order valence-electron chi connectivity index (χ4n) is 1.19. The molecule has 5 nitrogen and oxygen atoms in total. The first-order valence-corrected chi connectivity index (χ1v) is 4.88. The van der Waals surface area contributed by atoms with Crippen molar-refractivity contribution in [2.45, 2.75) is 19.8 Å². The minimum atomic E-state index is -1.11. The van der Waals surface area contributed by atoms with Gasteiger partial charge < -0.3 is 15.6 Å².